The zero-order chi connectivity index (χ0) is 24.8. The molecular weight excluding hydrogens is 457 g/mol. The van der Waals surface area contributed by atoms with Gasteiger partial charge in [-0.15, -0.1) is 0 Å². The summed E-state index contributed by atoms with van der Waals surface area (Å²) in [6, 6.07) is 8.49. The second-order valence-electron chi connectivity index (χ2n) is 9.57. The Hall–Kier alpha value is -3.14. The van der Waals surface area contributed by atoms with Gasteiger partial charge in [0.2, 0.25) is 5.95 Å². The summed E-state index contributed by atoms with van der Waals surface area (Å²) >= 11 is 0. The molecule has 1 atom stereocenters. The van der Waals surface area contributed by atoms with E-state index >= 15 is 0 Å². The van der Waals surface area contributed by atoms with Crippen molar-refractivity contribution in [3.8, 4) is 0 Å². The zero-order valence-corrected chi connectivity index (χ0v) is 19.6. The van der Waals surface area contributed by atoms with Gasteiger partial charge in [-0.2, -0.15) is 18.2 Å². The second kappa shape index (κ2) is 8.82. The van der Waals surface area contributed by atoms with Crippen molar-refractivity contribution in [2.45, 2.75) is 63.2 Å². The first-order chi connectivity index (χ1) is 16.7. The molecule has 1 saturated heterocycles. The van der Waals surface area contributed by atoms with Crippen LogP contribution >= 0.6 is 0 Å². The van der Waals surface area contributed by atoms with Gasteiger partial charge in [0.1, 0.15) is 11.2 Å². The predicted molar refractivity (Wildman–Crippen MR) is 130 cm³/mol. The summed E-state index contributed by atoms with van der Waals surface area (Å²) in [7, 11) is 0. The Kier molecular flexibility index (Phi) is 5.94. The van der Waals surface area contributed by atoms with E-state index in [4.69, 9.17) is 5.73 Å². The minimum Gasteiger partial charge on any atom is -0.356 e. The average molecular weight is 487 g/mol. The number of pyridine rings is 1. The highest BCUT2D eigenvalue weighted by Gasteiger charge is 2.59. The van der Waals surface area contributed by atoms with E-state index in [2.05, 4.69) is 15.3 Å². The first kappa shape index (κ1) is 23.6. The lowest BCUT2D eigenvalue weighted by Gasteiger charge is -2.40. The van der Waals surface area contributed by atoms with Crippen molar-refractivity contribution in [3.63, 3.8) is 0 Å². The lowest BCUT2D eigenvalue weighted by atomic mass is 9.95. The molecule has 3 aromatic rings. The third-order valence-corrected chi connectivity index (χ3v) is 7.48. The molecule has 0 amide bonds. The summed E-state index contributed by atoms with van der Waals surface area (Å²) in [5, 5.41) is 3.96. The van der Waals surface area contributed by atoms with E-state index in [-0.39, 0.29) is 18.0 Å². The van der Waals surface area contributed by atoms with Crippen LogP contribution in [0, 0.1) is 6.92 Å². The molecule has 3 N–H and O–H groups in total. The molecule has 1 aliphatic carbocycles. The number of rotatable bonds is 5. The first-order valence-corrected chi connectivity index (χ1v) is 12.0. The van der Waals surface area contributed by atoms with E-state index in [9.17, 15) is 18.0 Å². The van der Waals surface area contributed by atoms with Crippen LogP contribution in [0.4, 0.5) is 30.5 Å². The molecule has 186 valence electrons. The normalized spacial score (nSPS) is 21.2. The Morgan fingerprint density at radius 2 is 1.89 bits per heavy atom. The van der Waals surface area contributed by atoms with Crippen LogP contribution in [0.1, 0.15) is 50.1 Å². The summed E-state index contributed by atoms with van der Waals surface area (Å²) in [6.07, 6.45) is 1.79. The van der Waals surface area contributed by atoms with Crippen LogP contribution in [0.5, 0.6) is 0 Å². The summed E-state index contributed by atoms with van der Waals surface area (Å²) in [6.45, 7) is 1.69. The summed E-state index contributed by atoms with van der Waals surface area (Å²) in [5.74, 6) is 0.328. The fourth-order valence-corrected chi connectivity index (χ4v) is 5.58. The van der Waals surface area contributed by atoms with Crippen molar-refractivity contribution in [2.75, 3.05) is 23.3 Å². The van der Waals surface area contributed by atoms with E-state index in [0.29, 0.717) is 35.9 Å². The van der Waals surface area contributed by atoms with Gasteiger partial charge in [-0.25, -0.2) is 4.98 Å². The second-order valence-corrected chi connectivity index (χ2v) is 9.57. The smallest absolute Gasteiger partial charge is 0.356 e. The summed E-state index contributed by atoms with van der Waals surface area (Å²) in [4.78, 5) is 23.3. The number of anilines is 3. The van der Waals surface area contributed by atoms with Gasteiger partial charge in [0.05, 0.1) is 0 Å². The maximum Gasteiger partial charge on any atom is 0.412 e. The van der Waals surface area contributed by atoms with E-state index < -0.39 is 18.3 Å². The molecule has 1 unspecified atom stereocenters. The average Bonchev–Trinajstić information content (AvgIpc) is 3.50. The van der Waals surface area contributed by atoms with Gasteiger partial charge >= 0.3 is 6.18 Å². The van der Waals surface area contributed by atoms with Crippen molar-refractivity contribution in [1.29, 1.82) is 0 Å². The Morgan fingerprint density at radius 3 is 2.54 bits per heavy atom. The molecule has 10 heteroatoms. The molecule has 0 bridgehead atoms. The van der Waals surface area contributed by atoms with Crippen molar-refractivity contribution < 1.29 is 13.2 Å². The van der Waals surface area contributed by atoms with Gasteiger partial charge in [-0.3, -0.25) is 9.36 Å². The van der Waals surface area contributed by atoms with Crippen LogP contribution in [0.25, 0.3) is 11.0 Å². The first-order valence-electron chi connectivity index (χ1n) is 12.0. The SMILES string of the molecule is Cc1cc(=O)n(C2CCCC2)c2nc(Nc3ccc(N4CCCC4(CN)C(F)(F)F)cc3)ncc12. The minimum absolute atomic E-state index is 0.0138. The quantitative estimate of drug-likeness (QED) is 0.538. The number of fused-ring (bicyclic) bond motifs is 1. The zero-order valence-electron chi connectivity index (χ0n) is 19.6. The van der Waals surface area contributed by atoms with Crippen LogP contribution in [0.15, 0.2) is 41.3 Å². The van der Waals surface area contributed by atoms with E-state index in [1.165, 1.54) is 4.90 Å². The van der Waals surface area contributed by atoms with Gasteiger partial charge in [-0.05, 0) is 62.4 Å². The van der Waals surface area contributed by atoms with Crippen molar-refractivity contribution in [1.82, 2.24) is 14.5 Å². The number of hydrogen-bond acceptors (Lipinski definition) is 6. The molecule has 7 nitrogen and oxygen atoms in total. The topological polar surface area (TPSA) is 89.1 Å². The Morgan fingerprint density at radius 1 is 1.17 bits per heavy atom. The molecular formula is C25H29F3N6O. The number of aromatic nitrogens is 3. The van der Waals surface area contributed by atoms with E-state index in [0.717, 1.165) is 36.6 Å². The predicted octanol–water partition coefficient (Wildman–Crippen LogP) is 4.82. The third-order valence-electron chi connectivity index (χ3n) is 7.48. The van der Waals surface area contributed by atoms with Gasteiger partial charge in [-0.1, -0.05) is 12.8 Å². The number of halogens is 3. The molecule has 2 aliphatic rings. The molecule has 5 rings (SSSR count). The molecule has 1 aromatic carbocycles. The van der Waals surface area contributed by atoms with Crippen LogP contribution in [-0.4, -0.2) is 39.3 Å². The monoisotopic (exact) mass is 486 g/mol. The van der Waals surface area contributed by atoms with Gasteiger partial charge < -0.3 is 16.0 Å². The molecule has 2 aromatic heterocycles. The number of aryl methyl sites for hydroxylation is 1. The molecule has 2 fully saturated rings. The number of nitrogens with zero attached hydrogens (tertiary/aromatic N) is 4. The van der Waals surface area contributed by atoms with Crippen LogP contribution in [0.3, 0.4) is 0 Å². The third kappa shape index (κ3) is 4.03. The molecule has 3 heterocycles. The number of nitrogens with one attached hydrogen (secondary N) is 1. The maximum atomic E-state index is 13.9. The number of alkyl halides is 3. The number of nitrogens with two attached hydrogens (primary N) is 1. The molecule has 0 radical (unpaired) electrons. The number of benzene rings is 1. The highest BCUT2D eigenvalue weighted by Crippen LogP contribution is 2.45. The molecule has 35 heavy (non-hydrogen) atoms. The van der Waals surface area contributed by atoms with Crippen molar-refractivity contribution in [2.24, 2.45) is 5.73 Å². The van der Waals surface area contributed by atoms with E-state index in [1.54, 1.807) is 41.1 Å². The molecule has 1 aliphatic heterocycles. The lowest BCUT2D eigenvalue weighted by Crippen LogP contribution is -2.60. The highest BCUT2D eigenvalue weighted by atomic mass is 19.4. The largest absolute Gasteiger partial charge is 0.412 e. The fourth-order valence-electron chi connectivity index (χ4n) is 5.58. The van der Waals surface area contributed by atoms with Crippen molar-refractivity contribution >= 4 is 28.4 Å². The van der Waals surface area contributed by atoms with E-state index in [1.807, 2.05) is 6.92 Å². The Bertz CT molecular complexity index is 1280. The summed E-state index contributed by atoms with van der Waals surface area (Å²) < 4.78 is 43.4. The van der Waals surface area contributed by atoms with Crippen molar-refractivity contribution in [3.05, 3.63) is 52.4 Å². The Balaban J connectivity index is 1.44. The molecule has 0 spiro atoms. The fraction of sp³-hybridized carbons (Fsp3) is 0.480. The summed E-state index contributed by atoms with van der Waals surface area (Å²) in [5.41, 5.74) is 6.07. The van der Waals surface area contributed by atoms with Crippen LogP contribution in [0.2, 0.25) is 0 Å². The van der Waals surface area contributed by atoms with Crippen LogP contribution in [-0.2, 0) is 0 Å². The highest BCUT2D eigenvalue weighted by molar-refractivity contribution is 5.79. The van der Waals surface area contributed by atoms with Gasteiger partial charge in [0, 0.05) is 48.2 Å². The maximum absolute atomic E-state index is 13.9. The minimum atomic E-state index is -4.42. The van der Waals surface area contributed by atoms with Gasteiger partial charge in [0.25, 0.3) is 5.56 Å². The lowest BCUT2D eigenvalue weighted by molar-refractivity contribution is -0.181. The number of hydrogen-bond donors (Lipinski definition) is 2. The van der Waals surface area contributed by atoms with Gasteiger partial charge in [0.15, 0.2) is 0 Å². The molecule has 1 saturated carbocycles. The van der Waals surface area contributed by atoms with Crippen LogP contribution < -0.4 is 21.5 Å². The standard InChI is InChI=1S/C25H29F3N6O/c1-16-13-21(35)34(19-5-2-3-6-19)22-20(16)14-30-23(32-22)31-17-7-9-18(10-8-17)33-12-4-11-24(33,15-29)25(26,27)28/h7-10,13-14,19H,2-6,11-12,15,29H2,1H3,(H,30,31,32). The Labute approximate surface area is 201 Å².